The van der Waals surface area contributed by atoms with Crippen LogP contribution in [0.4, 0.5) is 4.79 Å². The molecular weight excluding hydrogens is 270 g/mol. The second kappa shape index (κ2) is 6.85. The topological polar surface area (TPSA) is 136 Å². The third kappa shape index (κ3) is 3.92. The van der Waals surface area contributed by atoms with Crippen LogP contribution in [0.15, 0.2) is 0 Å². The van der Waals surface area contributed by atoms with E-state index in [1.165, 1.54) is 0 Å². The molecule has 0 saturated carbocycles. The van der Waals surface area contributed by atoms with Crippen LogP contribution in [0.3, 0.4) is 0 Å². The fourth-order valence-corrected chi connectivity index (χ4v) is 1.83. The number of nitrogens with zero attached hydrogens (tertiary/aromatic N) is 1. The Morgan fingerprint density at radius 2 is 2.15 bits per heavy atom. The number of imide groups is 1. The molecule has 1 rings (SSSR count). The molecule has 1 fully saturated rings. The molecule has 0 aromatic carbocycles. The molecule has 9 heteroatoms. The van der Waals surface area contributed by atoms with Crippen LogP contribution in [0.2, 0.25) is 0 Å². The summed E-state index contributed by atoms with van der Waals surface area (Å²) in [6, 6.07) is -1.38. The molecule has 0 aromatic rings. The van der Waals surface area contributed by atoms with E-state index >= 15 is 0 Å². The lowest BCUT2D eigenvalue weighted by Gasteiger charge is -2.33. The maximum absolute atomic E-state index is 11.9. The van der Waals surface area contributed by atoms with Crippen LogP contribution in [-0.4, -0.2) is 64.2 Å². The number of amides is 4. The molecule has 1 aliphatic heterocycles. The zero-order chi connectivity index (χ0) is 15.3. The number of aliphatic carboxylic acids is 1. The Bertz CT molecular complexity index is 424. The Labute approximate surface area is 114 Å². The molecular formula is C11H17N3O6. The van der Waals surface area contributed by atoms with Crippen LogP contribution in [0.1, 0.15) is 19.8 Å². The Kier molecular flexibility index (Phi) is 5.44. The largest absolute Gasteiger partial charge is 0.479 e. The van der Waals surface area contributed by atoms with Gasteiger partial charge in [0.2, 0.25) is 11.8 Å². The van der Waals surface area contributed by atoms with Gasteiger partial charge in [0.15, 0.2) is 6.10 Å². The normalized spacial score (nSPS) is 20.3. The fourth-order valence-electron chi connectivity index (χ4n) is 1.83. The first kappa shape index (κ1) is 15.9. The second-order valence-electron chi connectivity index (χ2n) is 4.34. The van der Waals surface area contributed by atoms with Crippen molar-refractivity contribution in [1.29, 1.82) is 0 Å². The van der Waals surface area contributed by atoms with Gasteiger partial charge >= 0.3 is 12.0 Å². The van der Waals surface area contributed by atoms with Crippen molar-refractivity contribution < 1.29 is 29.4 Å². The zero-order valence-corrected chi connectivity index (χ0v) is 11.0. The molecule has 1 saturated heterocycles. The summed E-state index contributed by atoms with van der Waals surface area (Å²) in [4.78, 5) is 46.1. The van der Waals surface area contributed by atoms with Gasteiger partial charge in [-0.2, -0.15) is 0 Å². The smallest absolute Gasteiger partial charge is 0.332 e. The van der Waals surface area contributed by atoms with Crippen LogP contribution < -0.4 is 10.6 Å². The second-order valence-corrected chi connectivity index (χ2v) is 4.34. The summed E-state index contributed by atoms with van der Waals surface area (Å²) in [5, 5.41) is 22.0. The molecule has 0 spiro atoms. The molecule has 4 amide bonds. The number of nitrogens with one attached hydrogen (secondary N) is 2. The summed E-state index contributed by atoms with van der Waals surface area (Å²) in [5.74, 6) is -2.48. The average molecular weight is 287 g/mol. The summed E-state index contributed by atoms with van der Waals surface area (Å²) in [7, 11) is 0. The highest BCUT2D eigenvalue weighted by Crippen LogP contribution is 2.09. The number of carbonyl (C=O) groups excluding carboxylic acids is 3. The summed E-state index contributed by atoms with van der Waals surface area (Å²) in [6.45, 7) is 1.39. The van der Waals surface area contributed by atoms with E-state index < -0.39 is 36.0 Å². The van der Waals surface area contributed by atoms with Gasteiger partial charge in [0.25, 0.3) is 0 Å². The van der Waals surface area contributed by atoms with Gasteiger partial charge in [0.05, 0.1) is 0 Å². The zero-order valence-electron chi connectivity index (χ0n) is 11.0. The van der Waals surface area contributed by atoms with Gasteiger partial charge in [-0.1, -0.05) is 6.92 Å². The summed E-state index contributed by atoms with van der Waals surface area (Å²) < 4.78 is 0. The number of rotatable bonds is 5. The molecule has 1 heterocycles. The molecule has 0 radical (unpaired) electrons. The van der Waals surface area contributed by atoms with E-state index in [9.17, 15) is 19.2 Å². The number of urea groups is 1. The van der Waals surface area contributed by atoms with Crippen molar-refractivity contribution in [2.45, 2.75) is 31.9 Å². The first-order valence-corrected chi connectivity index (χ1v) is 6.15. The van der Waals surface area contributed by atoms with Crippen molar-refractivity contribution in [1.82, 2.24) is 15.5 Å². The maximum atomic E-state index is 11.9. The van der Waals surface area contributed by atoms with Crippen molar-refractivity contribution in [2.75, 3.05) is 13.1 Å². The molecule has 1 aliphatic rings. The Balaban J connectivity index is 2.54. The lowest BCUT2D eigenvalue weighted by atomic mass is 10.1. The van der Waals surface area contributed by atoms with Gasteiger partial charge in [0.1, 0.15) is 12.6 Å². The van der Waals surface area contributed by atoms with Crippen molar-refractivity contribution in [3.05, 3.63) is 0 Å². The monoisotopic (exact) mass is 287 g/mol. The molecule has 0 aromatic heterocycles. The van der Waals surface area contributed by atoms with Gasteiger partial charge in [-0.25, -0.2) is 9.59 Å². The number of hydrogen-bond acceptors (Lipinski definition) is 5. The molecule has 1 unspecified atom stereocenters. The van der Waals surface area contributed by atoms with E-state index in [4.69, 9.17) is 10.2 Å². The van der Waals surface area contributed by atoms with Gasteiger partial charge < -0.3 is 20.4 Å². The molecule has 20 heavy (non-hydrogen) atoms. The van der Waals surface area contributed by atoms with Crippen LogP contribution in [-0.2, 0) is 14.4 Å². The van der Waals surface area contributed by atoms with Crippen LogP contribution >= 0.6 is 0 Å². The van der Waals surface area contributed by atoms with Crippen molar-refractivity contribution in [3.8, 4) is 0 Å². The minimum Gasteiger partial charge on any atom is -0.479 e. The third-order valence-corrected chi connectivity index (χ3v) is 2.88. The number of aliphatic hydroxyl groups excluding tert-OH is 1. The molecule has 9 nitrogen and oxygen atoms in total. The summed E-state index contributed by atoms with van der Waals surface area (Å²) >= 11 is 0. The van der Waals surface area contributed by atoms with Crippen molar-refractivity contribution in [2.24, 2.45) is 0 Å². The highest BCUT2D eigenvalue weighted by Gasteiger charge is 2.35. The molecule has 2 atom stereocenters. The number of piperazine rings is 1. The van der Waals surface area contributed by atoms with E-state index in [1.54, 1.807) is 6.92 Å². The summed E-state index contributed by atoms with van der Waals surface area (Å²) in [5.41, 5.74) is 0. The highest BCUT2D eigenvalue weighted by molar-refractivity contribution is 6.04. The minimum atomic E-state index is -1.57. The highest BCUT2D eigenvalue weighted by atomic mass is 16.4. The van der Waals surface area contributed by atoms with Gasteiger partial charge in [0, 0.05) is 13.0 Å². The molecule has 0 bridgehead atoms. The summed E-state index contributed by atoms with van der Waals surface area (Å²) in [6.07, 6.45) is -1.38. The molecule has 0 aliphatic carbocycles. The van der Waals surface area contributed by atoms with Crippen molar-refractivity contribution >= 4 is 23.8 Å². The SMILES string of the molecule is CCC1C(=O)NC(=O)CN1C(=O)NCC[C@H](O)C(=O)O. The predicted molar refractivity (Wildman–Crippen MR) is 65.6 cm³/mol. The minimum absolute atomic E-state index is 0.0744. The first-order chi connectivity index (χ1) is 9.36. The number of aliphatic hydroxyl groups is 1. The average Bonchev–Trinajstić information content (AvgIpc) is 2.37. The van der Waals surface area contributed by atoms with E-state index in [-0.39, 0.29) is 19.5 Å². The maximum Gasteiger partial charge on any atom is 0.332 e. The standard InChI is InChI=1S/C11H17N3O6/c1-2-6-9(17)13-8(16)5-14(6)11(20)12-4-3-7(15)10(18)19/h6-7,15H,2-5H2,1H3,(H,12,20)(H,18,19)(H,13,16,17)/t6?,7-/m0/s1. The number of hydrogen-bond donors (Lipinski definition) is 4. The molecule has 4 N–H and O–H groups in total. The van der Waals surface area contributed by atoms with Gasteiger partial charge in [-0.15, -0.1) is 0 Å². The third-order valence-electron chi connectivity index (χ3n) is 2.88. The van der Waals surface area contributed by atoms with Crippen LogP contribution in [0.5, 0.6) is 0 Å². The van der Waals surface area contributed by atoms with E-state index in [0.29, 0.717) is 6.42 Å². The fraction of sp³-hybridized carbons (Fsp3) is 0.636. The van der Waals surface area contributed by atoms with Crippen LogP contribution in [0.25, 0.3) is 0 Å². The number of carboxylic acid groups (broad SMARTS) is 1. The van der Waals surface area contributed by atoms with Crippen LogP contribution in [0, 0.1) is 0 Å². The van der Waals surface area contributed by atoms with E-state index in [1.807, 2.05) is 0 Å². The Morgan fingerprint density at radius 1 is 1.50 bits per heavy atom. The lowest BCUT2D eigenvalue weighted by molar-refractivity contribution is -0.146. The van der Waals surface area contributed by atoms with Gasteiger partial charge in [-0.3, -0.25) is 14.9 Å². The van der Waals surface area contributed by atoms with Gasteiger partial charge in [-0.05, 0) is 6.42 Å². The quantitative estimate of drug-likeness (QED) is 0.443. The lowest BCUT2D eigenvalue weighted by Crippen LogP contribution is -2.61. The Morgan fingerprint density at radius 3 is 2.70 bits per heavy atom. The van der Waals surface area contributed by atoms with Crippen molar-refractivity contribution in [3.63, 3.8) is 0 Å². The number of carboxylic acids is 1. The van der Waals surface area contributed by atoms with E-state index in [2.05, 4.69) is 10.6 Å². The first-order valence-electron chi connectivity index (χ1n) is 6.15. The number of carbonyl (C=O) groups is 4. The van der Waals surface area contributed by atoms with E-state index in [0.717, 1.165) is 4.90 Å². The Hall–Kier alpha value is -2.16. The predicted octanol–water partition coefficient (Wildman–Crippen LogP) is -1.73. The molecule has 112 valence electrons.